The van der Waals surface area contributed by atoms with Gasteiger partial charge in [0.2, 0.25) is 0 Å². The summed E-state index contributed by atoms with van der Waals surface area (Å²) in [4.78, 5) is 13.1. The molecule has 0 saturated heterocycles. The van der Waals surface area contributed by atoms with Gasteiger partial charge in [-0.25, -0.2) is 0 Å². The van der Waals surface area contributed by atoms with Crippen LogP contribution < -0.4 is 10.1 Å². The van der Waals surface area contributed by atoms with E-state index in [2.05, 4.69) is 10.2 Å². The molecule has 1 rings (SSSR count). The van der Waals surface area contributed by atoms with Crippen LogP contribution in [0.25, 0.3) is 0 Å². The monoisotopic (exact) mass is 280 g/mol. The third kappa shape index (κ3) is 5.59. The highest BCUT2D eigenvalue weighted by Gasteiger charge is 2.13. The first kappa shape index (κ1) is 16.5. The summed E-state index contributed by atoms with van der Waals surface area (Å²) in [5, 5.41) is 12.1. The van der Waals surface area contributed by atoms with Crippen LogP contribution in [0.5, 0.6) is 5.75 Å². The predicted octanol–water partition coefficient (Wildman–Crippen LogP) is 1.40. The minimum absolute atomic E-state index is 0.517. The van der Waals surface area contributed by atoms with Crippen molar-refractivity contribution in [3.8, 4) is 5.75 Å². The van der Waals surface area contributed by atoms with Crippen molar-refractivity contribution >= 4 is 5.97 Å². The highest BCUT2D eigenvalue weighted by molar-refractivity contribution is 5.75. The van der Waals surface area contributed by atoms with Gasteiger partial charge in [-0.05, 0) is 38.7 Å². The summed E-state index contributed by atoms with van der Waals surface area (Å²) in [5.74, 6) is -0.622. The lowest BCUT2D eigenvalue weighted by Gasteiger charge is -2.17. The number of hydrogen-bond acceptors (Lipinski definition) is 4. The predicted molar refractivity (Wildman–Crippen MR) is 79.4 cm³/mol. The van der Waals surface area contributed by atoms with Crippen molar-refractivity contribution in [2.45, 2.75) is 12.8 Å². The molecule has 0 heterocycles. The fraction of sp³-hybridized carbons (Fsp3) is 0.533. The third-order valence-corrected chi connectivity index (χ3v) is 3.21. The van der Waals surface area contributed by atoms with Crippen LogP contribution in [0.15, 0.2) is 24.3 Å². The topological polar surface area (TPSA) is 61.8 Å². The second-order valence-electron chi connectivity index (χ2n) is 4.89. The zero-order valence-electron chi connectivity index (χ0n) is 12.4. The first-order valence-corrected chi connectivity index (χ1v) is 6.83. The Morgan fingerprint density at radius 3 is 2.85 bits per heavy atom. The fourth-order valence-electron chi connectivity index (χ4n) is 1.75. The fourth-order valence-corrected chi connectivity index (χ4v) is 1.75. The number of carbonyl (C=O) groups is 1. The summed E-state index contributed by atoms with van der Waals surface area (Å²) in [6, 6.07) is 7.29. The Kier molecular flexibility index (Phi) is 7.04. The van der Waals surface area contributed by atoms with Crippen molar-refractivity contribution in [2.24, 2.45) is 0 Å². The van der Waals surface area contributed by atoms with Crippen LogP contribution in [0, 0.1) is 0 Å². The van der Waals surface area contributed by atoms with Gasteiger partial charge in [0.25, 0.3) is 0 Å². The van der Waals surface area contributed by atoms with Gasteiger partial charge in [-0.1, -0.05) is 12.1 Å². The van der Waals surface area contributed by atoms with Gasteiger partial charge in [-0.15, -0.1) is 0 Å². The van der Waals surface area contributed by atoms with E-state index in [-0.39, 0.29) is 0 Å². The molecule has 2 N–H and O–H groups in total. The van der Waals surface area contributed by atoms with E-state index in [1.807, 2.05) is 32.3 Å². The molecule has 5 nitrogen and oxygen atoms in total. The van der Waals surface area contributed by atoms with E-state index in [0.29, 0.717) is 6.61 Å². The summed E-state index contributed by atoms with van der Waals surface area (Å²) in [5.41, 5.74) is 0.763. The van der Waals surface area contributed by atoms with Gasteiger partial charge in [-0.2, -0.15) is 0 Å². The van der Waals surface area contributed by atoms with Crippen LogP contribution in [0.4, 0.5) is 0 Å². The Labute approximate surface area is 120 Å². The van der Waals surface area contributed by atoms with Gasteiger partial charge < -0.3 is 20.1 Å². The molecule has 5 heteroatoms. The number of likely N-dealkylation sites (N-methyl/N-ethyl adjacent to an activating group) is 2. The number of carboxylic acid groups (broad SMARTS) is 1. The molecule has 1 atom stereocenters. The quantitative estimate of drug-likeness (QED) is 0.716. The molecule has 0 bridgehead atoms. The molecule has 0 saturated carbocycles. The number of benzene rings is 1. The van der Waals surface area contributed by atoms with Crippen molar-refractivity contribution in [1.82, 2.24) is 10.2 Å². The smallest absolute Gasteiger partial charge is 0.310 e. The molecule has 0 amide bonds. The highest BCUT2D eigenvalue weighted by Crippen LogP contribution is 2.20. The zero-order chi connectivity index (χ0) is 15.0. The first-order valence-electron chi connectivity index (χ1n) is 6.83. The lowest BCUT2D eigenvalue weighted by molar-refractivity contribution is -0.138. The van der Waals surface area contributed by atoms with Gasteiger partial charge >= 0.3 is 5.97 Å². The summed E-state index contributed by atoms with van der Waals surface area (Å²) in [6.45, 7) is 5.01. The van der Waals surface area contributed by atoms with E-state index >= 15 is 0 Å². The number of hydrogen-bond donors (Lipinski definition) is 2. The van der Waals surface area contributed by atoms with E-state index in [1.54, 1.807) is 13.0 Å². The Bertz CT molecular complexity index is 423. The van der Waals surface area contributed by atoms with E-state index in [9.17, 15) is 4.79 Å². The largest absolute Gasteiger partial charge is 0.492 e. The van der Waals surface area contributed by atoms with Crippen molar-refractivity contribution in [3.63, 3.8) is 0 Å². The minimum Gasteiger partial charge on any atom is -0.492 e. The van der Waals surface area contributed by atoms with Crippen molar-refractivity contribution in [3.05, 3.63) is 29.8 Å². The van der Waals surface area contributed by atoms with E-state index in [0.717, 1.165) is 30.9 Å². The van der Waals surface area contributed by atoms with Gasteiger partial charge in [0.05, 0.1) is 5.92 Å². The molecule has 0 aliphatic carbocycles. The lowest BCUT2D eigenvalue weighted by atomic mass is 10.0. The number of aliphatic carboxylic acids is 1. The van der Waals surface area contributed by atoms with Gasteiger partial charge in [0.1, 0.15) is 12.4 Å². The second-order valence-corrected chi connectivity index (χ2v) is 4.89. The zero-order valence-corrected chi connectivity index (χ0v) is 12.4. The Balaban J connectivity index is 2.44. The summed E-state index contributed by atoms with van der Waals surface area (Å²) in [6.07, 6.45) is 0. The highest BCUT2D eigenvalue weighted by atomic mass is 16.5. The summed E-state index contributed by atoms with van der Waals surface area (Å²) >= 11 is 0. The molecular weight excluding hydrogens is 256 g/mol. The van der Waals surface area contributed by atoms with Crippen LogP contribution >= 0.6 is 0 Å². The molecule has 0 fully saturated rings. The molecule has 112 valence electrons. The molecule has 0 aromatic heterocycles. The molecule has 1 unspecified atom stereocenters. The van der Waals surface area contributed by atoms with Crippen LogP contribution in [-0.2, 0) is 4.79 Å². The molecule has 1 aromatic carbocycles. The molecule has 1 aromatic rings. The molecule has 0 radical (unpaired) electrons. The first-order chi connectivity index (χ1) is 9.54. The number of carboxylic acids is 1. The van der Waals surface area contributed by atoms with E-state index < -0.39 is 11.9 Å². The standard InChI is InChI=1S/C15H24N2O3/c1-12(15(18)19)13-5-4-6-14(11-13)20-10-9-17(3)8-7-16-2/h4-6,11-12,16H,7-10H2,1-3H3,(H,18,19). The Morgan fingerprint density at radius 2 is 2.20 bits per heavy atom. The average Bonchev–Trinajstić information content (AvgIpc) is 2.44. The maximum Gasteiger partial charge on any atom is 0.310 e. The third-order valence-electron chi connectivity index (χ3n) is 3.21. The van der Waals surface area contributed by atoms with Gasteiger partial charge in [0, 0.05) is 19.6 Å². The van der Waals surface area contributed by atoms with Crippen molar-refractivity contribution in [2.75, 3.05) is 40.3 Å². The molecule has 0 spiro atoms. The number of nitrogens with one attached hydrogen (secondary N) is 1. The maximum atomic E-state index is 11.0. The van der Waals surface area contributed by atoms with E-state index in [4.69, 9.17) is 9.84 Å². The summed E-state index contributed by atoms with van der Waals surface area (Å²) in [7, 11) is 3.98. The van der Waals surface area contributed by atoms with Crippen LogP contribution in [0.1, 0.15) is 18.4 Å². The number of nitrogens with zero attached hydrogens (tertiary/aromatic N) is 1. The average molecular weight is 280 g/mol. The SMILES string of the molecule is CNCCN(C)CCOc1cccc(C(C)C(=O)O)c1. The van der Waals surface area contributed by atoms with Gasteiger partial charge in [-0.3, -0.25) is 4.79 Å². The molecular formula is C15H24N2O3. The maximum absolute atomic E-state index is 11.0. The van der Waals surface area contributed by atoms with E-state index in [1.165, 1.54) is 0 Å². The Morgan fingerprint density at radius 1 is 1.45 bits per heavy atom. The normalized spacial score (nSPS) is 12.4. The molecule has 0 aliphatic rings. The van der Waals surface area contributed by atoms with Gasteiger partial charge in [0.15, 0.2) is 0 Å². The van der Waals surface area contributed by atoms with Crippen LogP contribution in [0.3, 0.4) is 0 Å². The van der Waals surface area contributed by atoms with Crippen molar-refractivity contribution in [1.29, 1.82) is 0 Å². The van der Waals surface area contributed by atoms with Crippen LogP contribution in [0.2, 0.25) is 0 Å². The number of ether oxygens (including phenoxy) is 1. The van der Waals surface area contributed by atoms with Crippen molar-refractivity contribution < 1.29 is 14.6 Å². The lowest BCUT2D eigenvalue weighted by Crippen LogP contribution is -2.30. The minimum atomic E-state index is -0.825. The van der Waals surface area contributed by atoms with Crippen LogP contribution in [-0.4, -0.2) is 56.3 Å². The summed E-state index contributed by atoms with van der Waals surface area (Å²) < 4.78 is 5.67. The second kappa shape index (κ2) is 8.55. The molecule has 0 aliphatic heterocycles. The Hall–Kier alpha value is -1.59. The number of rotatable bonds is 9. The molecule has 20 heavy (non-hydrogen) atoms.